The molecule has 2 atom stereocenters. The SMILES string of the molecule is CCSCCC(C)NC(=O)N[C@H](CC)C(=O)O. The van der Waals surface area contributed by atoms with Crippen LogP contribution in [0.3, 0.4) is 0 Å². The van der Waals surface area contributed by atoms with Crippen LogP contribution in [0.4, 0.5) is 4.79 Å². The van der Waals surface area contributed by atoms with Crippen LogP contribution in [-0.4, -0.2) is 40.7 Å². The normalized spacial score (nSPS) is 13.8. The van der Waals surface area contributed by atoms with E-state index in [4.69, 9.17) is 5.11 Å². The van der Waals surface area contributed by atoms with E-state index in [0.717, 1.165) is 17.9 Å². The van der Waals surface area contributed by atoms with Gasteiger partial charge in [-0.15, -0.1) is 0 Å². The Labute approximate surface area is 107 Å². The molecule has 0 rings (SSSR count). The average Bonchev–Trinajstić information content (AvgIpc) is 2.25. The van der Waals surface area contributed by atoms with Gasteiger partial charge in [0, 0.05) is 6.04 Å². The Morgan fingerprint density at radius 2 is 1.94 bits per heavy atom. The molecular formula is C11H22N2O3S. The van der Waals surface area contributed by atoms with E-state index in [1.807, 2.05) is 18.7 Å². The third-order valence-corrected chi connectivity index (χ3v) is 3.22. The number of carbonyl (C=O) groups is 2. The molecule has 0 saturated carbocycles. The molecule has 100 valence electrons. The molecule has 1 unspecified atom stereocenters. The fourth-order valence-corrected chi connectivity index (χ4v) is 2.05. The summed E-state index contributed by atoms with van der Waals surface area (Å²) in [4.78, 5) is 22.2. The highest BCUT2D eigenvalue weighted by molar-refractivity contribution is 7.99. The van der Waals surface area contributed by atoms with Crippen molar-refractivity contribution in [3.05, 3.63) is 0 Å². The van der Waals surface area contributed by atoms with Crippen LogP contribution in [0, 0.1) is 0 Å². The van der Waals surface area contributed by atoms with Crippen molar-refractivity contribution < 1.29 is 14.7 Å². The number of hydrogen-bond acceptors (Lipinski definition) is 3. The summed E-state index contributed by atoms with van der Waals surface area (Å²) in [6.07, 6.45) is 1.26. The van der Waals surface area contributed by atoms with Gasteiger partial charge in [-0.1, -0.05) is 13.8 Å². The van der Waals surface area contributed by atoms with Gasteiger partial charge >= 0.3 is 12.0 Å². The van der Waals surface area contributed by atoms with Gasteiger partial charge in [0.05, 0.1) is 0 Å². The zero-order chi connectivity index (χ0) is 13.3. The predicted octanol–water partition coefficient (Wildman–Crippen LogP) is 1.68. The molecule has 0 spiro atoms. The number of carboxylic acids is 1. The van der Waals surface area contributed by atoms with Crippen LogP contribution < -0.4 is 10.6 Å². The number of carboxylic acid groups (broad SMARTS) is 1. The highest BCUT2D eigenvalue weighted by atomic mass is 32.2. The molecule has 2 amide bonds. The maximum Gasteiger partial charge on any atom is 0.326 e. The maximum absolute atomic E-state index is 11.5. The fraction of sp³-hybridized carbons (Fsp3) is 0.818. The minimum absolute atomic E-state index is 0.0559. The molecule has 0 radical (unpaired) electrons. The summed E-state index contributed by atoms with van der Waals surface area (Å²) >= 11 is 1.82. The molecule has 0 saturated heterocycles. The lowest BCUT2D eigenvalue weighted by Crippen LogP contribution is -2.48. The van der Waals surface area contributed by atoms with Crippen molar-refractivity contribution >= 4 is 23.8 Å². The van der Waals surface area contributed by atoms with Crippen LogP contribution >= 0.6 is 11.8 Å². The number of hydrogen-bond donors (Lipinski definition) is 3. The molecule has 0 fully saturated rings. The fourth-order valence-electron chi connectivity index (χ4n) is 1.24. The van der Waals surface area contributed by atoms with Gasteiger partial charge in [-0.3, -0.25) is 0 Å². The average molecular weight is 262 g/mol. The Morgan fingerprint density at radius 1 is 1.29 bits per heavy atom. The van der Waals surface area contributed by atoms with E-state index < -0.39 is 18.0 Å². The minimum Gasteiger partial charge on any atom is -0.480 e. The largest absolute Gasteiger partial charge is 0.480 e. The summed E-state index contributed by atoms with van der Waals surface area (Å²) in [5.74, 6) is 1.06. The number of carbonyl (C=O) groups excluding carboxylic acids is 1. The maximum atomic E-state index is 11.5. The van der Waals surface area contributed by atoms with Gasteiger partial charge in [0.2, 0.25) is 0 Å². The molecule has 0 aromatic heterocycles. The van der Waals surface area contributed by atoms with E-state index in [1.165, 1.54) is 0 Å². The summed E-state index contributed by atoms with van der Waals surface area (Å²) < 4.78 is 0. The molecule has 0 aliphatic rings. The van der Waals surface area contributed by atoms with Crippen LogP contribution in [0.2, 0.25) is 0 Å². The second-order valence-electron chi connectivity index (χ2n) is 3.80. The van der Waals surface area contributed by atoms with Gasteiger partial charge in [-0.2, -0.15) is 11.8 Å². The highest BCUT2D eigenvalue weighted by Crippen LogP contribution is 2.03. The van der Waals surface area contributed by atoms with Gasteiger partial charge < -0.3 is 15.7 Å². The highest BCUT2D eigenvalue weighted by Gasteiger charge is 2.18. The Morgan fingerprint density at radius 3 is 2.41 bits per heavy atom. The smallest absolute Gasteiger partial charge is 0.326 e. The van der Waals surface area contributed by atoms with E-state index in [9.17, 15) is 9.59 Å². The molecule has 0 aliphatic carbocycles. The molecule has 6 heteroatoms. The van der Waals surface area contributed by atoms with Crippen LogP contribution in [0.25, 0.3) is 0 Å². The molecular weight excluding hydrogens is 240 g/mol. The van der Waals surface area contributed by atoms with Gasteiger partial charge in [-0.25, -0.2) is 9.59 Å². The minimum atomic E-state index is -1.00. The standard InChI is InChI=1S/C11H22N2O3S/c1-4-9(10(14)15)13-11(16)12-8(3)6-7-17-5-2/h8-9H,4-7H2,1-3H3,(H,14,15)(H2,12,13,16)/t8?,9-/m1/s1. The molecule has 0 heterocycles. The monoisotopic (exact) mass is 262 g/mol. The van der Waals surface area contributed by atoms with E-state index in [-0.39, 0.29) is 6.04 Å². The molecule has 0 aromatic rings. The van der Waals surface area contributed by atoms with Crippen LogP contribution in [0.5, 0.6) is 0 Å². The third kappa shape index (κ3) is 7.90. The number of urea groups is 1. The van der Waals surface area contributed by atoms with Crippen molar-refractivity contribution in [2.75, 3.05) is 11.5 Å². The Kier molecular flexibility index (Phi) is 8.66. The van der Waals surface area contributed by atoms with Crippen molar-refractivity contribution in [1.29, 1.82) is 0 Å². The summed E-state index contributed by atoms with van der Waals surface area (Å²) in [5, 5.41) is 13.9. The number of thioether (sulfide) groups is 1. The van der Waals surface area contributed by atoms with E-state index >= 15 is 0 Å². The number of rotatable bonds is 8. The molecule has 17 heavy (non-hydrogen) atoms. The van der Waals surface area contributed by atoms with E-state index in [2.05, 4.69) is 17.6 Å². The van der Waals surface area contributed by atoms with Crippen molar-refractivity contribution in [2.45, 2.75) is 45.7 Å². The van der Waals surface area contributed by atoms with E-state index in [0.29, 0.717) is 6.42 Å². The second-order valence-corrected chi connectivity index (χ2v) is 5.20. The third-order valence-electron chi connectivity index (χ3n) is 2.29. The first kappa shape index (κ1) is 16.1. The van der Waals surface area contributed by atoms with Crippen LogP contribution in [0.1, 0.15) is 33.6 Å². The summed E-state index contributed by atoms with van der Waals surface area (Å²) in [5.41, 5.74) is 0. The van der Waals surface area contributed by atoms with Crippen LogP contribution in [0.15, 0.2) is 0 Å². The topological polar surface area (TPSA) is 78.4 Å². The molecule has 0 bridgehead atoms. The zero-order valence-electron chi connectivity index (χ0n) is 10.7. The lowest BCUT2D eigenvalue weighted by molar-refractivity contribution is -0.139. The Balaban J connectivity index is 3.87. The van der Waals surface area contributed by atoms with E-state index in [1.54, 1.807) is 6.92 Å². The van der Waals surface area contributed by atoms with Gasteiger partial charge in [-0.05, 0) is 31.3 Å². The summed E-state index contributed by atoms with van der Waals surface area (Å²) in [6.45, 7) is 5.73. The first-order chi connectivity index (χ1) is 8.01. The first-order valence-electron chi connectivity index (χ1n) is 5.88. The molecule has 5 nitrogen and oxygen atoms in total. The number of amides is 2. The van der Waals surface area contributed by atoms with Gasteiger partial charge in [0.25, 0.3) is 0 Å². The van der Waals surface area contributed by atoms with Gasteiger partial charge in [0.1, 0.15) is 6.04 Å². The quantitative estimate of drug-likeness (QED) is 0.582. The number of nitrogens with one attached hydrogen (secondary N) is 2. The number of aliphatic carboxylic acids is 1. The second kappa shape index (κ2) is 9.15. The molecule has 0 aromatic carbocycles. The molecule has 3 N–H and O–H groups in total. The lowest BCUT2D eigenvalue weighted by atomic mass is 10.2. The Bertz CT molecular complexity index is 249. The van der Waals surface area contributed by atoms with Crippen LogP contribution in [-0.2, 0) is 4.79 Å². The van der Waals surface area contributed by atoms with Crippen molar-refractivity contribution in [3.8, 4) is 0 Å². The summed E-state index contributed by atoms with van der Waals surface area (Å²) in [7, 11) is 0. The van der Waals surface area contributed by atoms with Crippen molar-refractivity contribution in [3.63, 3.8) is 0 Å². The molecule has 0 aliphatic heterocycles. The van der Waals surface area contributed by atoms with Crippen molar-refractivity contribution in [1.82, 2.24) is 10.6 Å². The van der Waals surface area contributed by atoms with Crippen molar-refractivity contribution in [2.24, 2.45) is 0 Å². The first-order valence-corrected chi connectivity index (χ1v) is 7.04. The Hall–Kier alpha value is -0.910. The summed E-state index contributed by atoms with van der Waals surface area (Å²) in [6, 6.07) is -1.17. The zero-order valence-corrected chi connectivity index (χ0v) is 11.5. The lowest BCUT2D eigenvalue weighted by Gasteiger charge is -2.17. The van der Waals surface area contributed by atoms with Gasteiger partial charge in [0.15, 0.2) is 0 Å². The predicted molar refractivity (Wildman–Crippen MR) is 70.5 cm³/mol.